The van der Waals surface area contributed by atoms with E-state index in [-0.39, 0.29) is 56.9 Å². The van der Waals surface area contributed by atoms with Crippen LogP contribution in [0.15, 0.2) is 28.7 Å². The minimum absolute atomic E-state index is 0. The summed E-state index contributed by atoms with van der Waals surface area (Å²) in [7, 11) is 0. The molecule has 0 aliphatic rings. The van der Waals surface area contributed by atoms with Gasteiger partial charge in [-0.25, -0.2) is 4.79 Å². The van der Waals surface area contributed by atoms with Crippen LogP contribution in [0.25, 0.3) is 10.9 Å². The molecule has 0 fully saturated rings. The van der Waals surface area contributed by atoms with E-state index in [0.717, 1.165) is 6.07 Å². The summed E-state index contributed by atoms with van der Waals surface area (Å²) >= 11 is 3.20. The van der Waals surface area contributed by atoms with Crippen LogP contribution in [0.1, 0.15) is 20.8 Å². The number of carbonyl (C=O) groups is 1. The average Bonchev–Trinajstić information content (AvgIpc) is 2.64. The summed E-state index contributed by atoms with van der Waals surface area (Å²) in [6, 6.07) is 5.57. The zero-order valence-electron chi connectivity index (χ0n) is 12.7. The SMILES string of the molecule is CC(C)(C)OC(=O)n1c([B-](F)(F)F)cc2ccc(Br)cc21.[K+]. The summed E-state index contributed by atoms with van der Waals surface area (Å²) in [4.78, 5) is 12.1. The van der Waals surface area contributed by atoms with Crippen LogP contribution in [0.2, 0.25) is 0 Å². The van der Waals surface area contributed by atoms with Crippen LogP contribution in [0.3, 0.4) is 0 Å². The smallest absolute Gasteiger partial charge is 0.444 e. The first kappa shape index (κ1) is 20.2. The fraction of sp³-hybridized carbons (Fsp3) is 0.308. The van der Waals surface area contributed by atoms with Crippen LogP contribution in [-0.2, 0) is 4.74 Å². The van der Waals surface area contributed by atoms with Gasteiger partial charge < -0.3 is 17.7 Å². The molecule has 0 unspecified atom stereocenters. The summed E-state index contributed by atoms with van der Waals surface area (Å²) in [6.45, 7) is -0.528. The van der Waals surface area contributed by atoms with Crippen LogP contribution in [0.5, 0.6) is 0 Å². The zero-order valence-corrected chi connectivity index (χ0v) is 17.4. The monoisotopic (exact) mass is 401 g/mol. The Balaban J connectivity index is 0.00000242. The summed E-state index contributed by atoms with van der Waals surface area (Å²) in [6.07, 6.45) is -1.04. The Morgan fingerprint density at radius 2 is 1.82 bits per heavy atom. The van der Waals surface area contributed by atoms with E-state index in [0.29, 0.717) is 14.4 Å². The maximum Gasteiger partial charge on any atom is 1.00 e. The molecule has 2 aromatic rings. The predicted molar refractivity (Wildman–Crippen MR) is 80.0 cm³/mol. The fourth-order valence-corrected chi connectivity index (χ4v) is 2.30. The molecule has 1 aromatic carbocycles. The predicted octanol–water partition coefficient (Wildman–Crippen LogP) is 1.25. The summed E-state index contributed by atoms with van der Waals surface area (Å²) in [5, 5.41) is 0.332. The van der Waals surface area contributed by atoms with Gasteiger partial charge in [-0.15, -0.1) is 0 Å². The van der Waals surface area contributed by atoms with E-state index in [2.05, 4.69) is 15.9 Å². The molecule has 0 bridgehead atoms. The Morgan fingerprint density at radius 1 is 1.23 bits per heavy atom. The first-order chi connectivity index (χ1) is 9.49. The van der Waals surface area contributed by atoms with E-state index < -0.39 is 24.3 Å². The van der Waals surface area contributed by atoms with Gasteiger partial charge in [-0.1, -0.05) is 28.1 Å². The molecule has 114 valence electrons. The molecule has 9 heteroatoms. The molecule has 0 N–H and O–H groups in total. The molecular weight excluding hydrogens is 389 g/mol. The second-order valence-corrected chi connectivity index (χ2v) is 6.58. The Bertz CT molecular complexity index is 710. The third-order valence-corrected chi connectivity index (χ3v) is 3.20. The Hall–Kier alpha value is 0.201. The van der Waals surface area contributed by atoms with E-state index in [9.17, 15) is 17.7 Å². The topological polar surface area (TPSA) is 31.2 Å². The van der Waals surface area contributed by atoms with Crippen molar-refractivity contribution in [2.24, 2.45) is 0 Å². The van der Waals surface area contributed by atoms with Crippen LogP contribution >= 0.6 is 15.9 Å². The molecule has 0 aliphatic heterocycles. The standard InChI is InChI=1S/C13H13BBrF3NO2.K/c1-13(2,3)21-12(20)19-10-7-9(15)5-4-8(10)6-11(19)14(16,17)18;/h4-7H,1-3H3;/q-1;+1. The van der Waals surface area contributed by atoms with Gasteiger partial charge >= 0.3 is 64.5 Å². The van der Waals surface area contributed by atoms with Crippen molar-refractivity contribution in [3.63, 3.8) is 0 Å². The molecule has 1 heterocycles. The summed E-state index contributed by atoms with van der Waals surface area (Å²) < 4.78 is 45.9. The van der Waals surface area contributed by atoms with E-state index in [1.165, 1.54) is 12.1 Å². The third-order valence-electron chi connectivity index (χ3n) is 2.71. The molecule has 3 nitrogen and oxygen atoms in total. The Kier molecular flexibility index (Phi) is 6.43. The van der Waals surface area contributed by atoms with Gasteiger partial charge in [0.05, 0.1) is 5.52 Å². The second kappa shape index (κ2) is 6.98. The number of hydrogen-bond donors (Lipinski definition) is 0. The molecular formula is C13H13BBrF3KNO2. The molecule has 0 spiro atoms. The summed E-state index contributed by atoms with van der Waals surface area (Å²) in [5.74, 6) is 0. The number of ether oxygens (including phenoxy) is 1. The van der Waals surface area contributed by atoms with Gasteiger partial charge in [0.1, 0.15) is 5.60 Å². The average molecular weight is 402 g/mol. The number of rotatable bonds is 1. The number of halogens is 4. The molecule has 0 saturated carbocycles. The van der Waals surface area contributed by atoms with Crippen molar-refractivity contribution in [2.45, 2.75) is 26.4 Å². The van der Waals surface area contributed by atoms with Gasteiger partial charge in [0.15, 0.2) is 0 Å². The number of benzene rings is 1. The molecule has 0 aliphatic carbocycles. The first-order valence-electron chi connectivity index (χ1n) is 6.23. The van der Waals surface area contributed by atoms with Gasteiger partial charge in [-0.2, -0.15) is 0 Å². The zero-order chi connectivity index (χ0) is 16.0. The third kappa shape index (κ3) is 4.61. The minimum Gasteiger partial charge on any atom is -0.444 e. The van der Waals surface area contributed by atoms with Gasteiger partial charge in [-0.3, -0.25) is 4.57 Å². The molecule has 0 saturated heterocycles. The minimum atomic E-state index is -5.33. The molecule has 22 heavy (non-hydrogen) atoms. The van der Waals surface area contributed by atoms with Crippen molar-refractivity contribution in [1.82, 2.24) is 4.57 Å². The number of hydrogen-bond acceptors (Lipinski definition) is 2. The number of fused-ring (bicyclic) bond motifs is 1. The molecule has 0 amide bonds. The van der Waals surface area contributed by atoms with Gasteiger partial charge in [-0.05, 0) is 43.9 Å². The van der Waals surface area contributed by atoms with Crippen LogP contribution in [0, 0.1) is 0 Å². The van der Waals surface area contributed by atoms with Crippen molar-refractivity contribution in [3.05, 3.63) is 28.7 Å². The van der Waals surface area contributed by atoms with E-state index >= 15 is 0 Å². The first-order valence-corrected chi connectivity index (χ1v) is 7.02. The van der Waals surface area contributed by atoms with E-state index in [1.807, 2.05) is 0 Å². The van der Waals surface area contributed by atoms with Crippen molar-refractivity contribution < 1.29 is 73.9 Å². The van der Waals surface area contributed by atoms with Crippen LogP contribution in [0.4, 0.5) is 17.7 Å². The van der Waals surface area contributed by atoms with Gasteiger partial charge in [0.2, 0.25) is 0 Å². The van der Waals surface area contributed by atoms with Gasteiger partial charge in [0.25, 0.3) is 0 Å². The number of nitrogens with zero attached hydrogens (tertiary/aromatic N) is 1. The molecule has 1 aromatic heterocycles. The van der Waals surface area contributed by atoms with E-state index in [1.54, 1.807) is 26.8 Å². The largest absolute Gasteiger partial charge is 1.00 e. The van der Waals surface area contributed by atoms with Crippen LogP contribution < -0.4 is 57.0 Å². The summed E-state index contributed by atoms with van der Waals surface area (Å²) in [5.41, 5.74) is -1.71. The van der Waals surface area contributed by atoms with Crippen molar-refractivity contribution in [3.8, 4) is 0 Å². The van der Waals surface area contributed by atoms with Gasteiger partial charge in [0, 0.05) is 4.47 Å². The molecule has 0 radical (unpaired) electrons. The van der Waals surface area contributed by atoms with E-state index in [4.69, 9.17) is 4.74 Å². The maximum absolute atomic E-state index is 13.2. The normalized spacial score (nSPS) is 12.1. The quantitative estimate of drug-likeness (QED) is 0.673. The Morgan fingerprint density at radius 3 is 2.32 bits per heavy atom. The molecule has 0 atom stereocenters. The van der Waals surface area contributed by atoms with Crippen molar-refractivity contribution in [1.29, 1.82) is 0 Å². The second-order valence-electron chi connectivity index (χ2n) is 5.66. The molecule has 2 rings (SSSR count). The van der Waals surface area contributed by atoms with Crippen molar-refractivity contribution >= 4 is 45.5 Å². The number of carbonyl (C=O) groups excluding carboxylic acids is 1. The van der Waals surface area contributed by atoms with Crippen LogP contribution in [-0.4, -0.2) is 23.2 Å². The van der Waals surface area contributed by atoms with Crippen molar-refractivity contribution in [2.75, 3.05) is 0 Å². The fourth-order valence-electron chi connectivity index (χ4n) is 1.95. The maximum atomic E-state index is 13.2. The Labute approximate surface area is 177 Å². The number of aromatic nitrogens is 1.